The van der Waals surface area contributed by atoms with Gasteiger partial charge in [0.2, 0.25) is 0 Å². The van der Waals surface area contributed by atoms with Gasteiger partial charge in [0.15, 0.2) is 5.13 Å². The Morgan fingerprint density at radius 1 is 1.16 bits per heavy atom. The molecule has 1 aromatic heterocycles. The Bertz CT molecular complexity index is 996. The van der Waals surface area contributed by atoms with E-state index >= 15 is 0 Å². The van der Waals surface area contributed by atoms with Gasteiger partial charge in [0, 0.05) is 25.7 Å². The average Bonchev–Trinajstić information content (AvgIpc) is 2.95. The number of non-ortho nitro benzene ring substituents is 1. The third kappa shape index (κ3) is 5.70. The van der Waals surface area contributed by atoms with Crippen LogP contribution in [0.15, 0.2) is 16.9 Å². The molecule has 0 spiro atoms. The summed E-state index contributed by atoms with van der Waals surface area (Å²) < 4.78 is 39.3. The lowest BCUT2D eigenvalue weighted by atomic mass is 10.1. The summed E-state index contributed by atoms with van der Waals surface area (Å²) in [5.74, 6) is 0. The number of halogens is 3. The van der Waals surface area contributed by atoms with Gasteiger partial charge in [0.05, 0.1) is 15.9 Å². The predicted octanol–water partition coefficient (Wildman–Crippen LogP) is 4.68. The third-order valence-electron chi connectivity index (χ3n) is 5.40. The smallest absolute Gasteiger partial charge is 0.347 e. The van der Waals surface area contributed by atoms with Gasteiger partial charge >= 0.3 is 6.18 Å². The number of nitro benzene ring substituents is 1. The highest BCUT2D eigenvalue weighted by atomic mass is 32.1. The lowest BCUT2D eigenvalue weighted by molar-refractivity contribution is -0.383. The second kappa shape index (κ2) is 9.90. The molecule has 0 radical (unpaired) electrons. The molecular formula is C20H25F3N4O3S. The number of nitrogens with zero attached hydrogens (tertiary/aromatic N) is 4. The molecule has 1 aromatic carbocycles. The van der Waals surface area contributed by atoms with Crippen molar-refractivity contribution in [3.63, 3.8) is 0 Å². The fraction of sp³-hybridized carbons (Fsp3) is 0.600. The van der Waals surface area contributed by atoms with E-state index in [1.807, 2.05) is 4.90 Å². The number of anilines is 1. The highest BCUT2D eigenvalue weighted by molar-refractivity contribution is 7.22. The molecular weight excluding hydrogens is 433 g/mol. The van der Waals surface area contributed by atoms with Crippen molar-refractivity contribution in [1.29, 1.82) is 0 Å². The molecule has 170 valence electrons. The largest absolute Gasteiger partial charge is 0.416 e. The quantitative estimate of drug-likeness (QED) is 0.341. The molecule has 31 heavy (non-hydrogen) atoms. The molecule has 1 fully saturated rings. The molecule has 2 heterocycles. The summed E-state index contributed by atoms with van der Waals surface area (Å²) in [6, 6.07) is 1.14. The van der Waals surface area contributed by atoms with Crippen molar-refractivity contribution < 1.29 is 18.1 Å². The first-order valence-corrected chi connectivity index (χ1v) is 11.2. The monoisotopic (exact) mass is 458 g/mol. The topological polar surface area (TPSA) is 79.6 Å². The summed E-state index contributed by atoms with van der Waals surface area (Å²) >= 11 is 0.904. The molecule has 1 aliphatic heterocycles. The SMILES string of the molecule is CCCCCCN1CCCN(c2nc(=O)c3cc(C(F)(F)F)cc([N+](=O)[O-])c3s2)CC1. The van der Waals surface area contributed by atoms with E-state index in [1.54, 1.807) is 0 Å². The van der Waals surface area contributed by atoms with E-state index in [4.69, 9.17) is 0 Å². The molecule has 0 bridgehead atoms. The molecule has 11 heteroatoms. The number of aromatic nitrogens is 1. The van der Waals surface area contributed by atoms with Gasteiger partial charge in [-0.3, -0.25) is 14.9 Å². The fourth-order valence-corrected chi connectivity index (χ4v) is 4.84. The first-order chi connectivity index (χ1) is 14.7. The van der Waals surface area contributed by atoms with Crippen LogP contribution >= 0.6 is 11.3 Å². The first-order valence-electron chi connectivity index (χ1n) is 10.4. The van der Waals surface area contributed by atoms with Gasteiger partial charge < -0.3 is 9.80 Å². The first kappa shape index (κ1) is 23.4. The maximum absolute atomic E-state index is 13.1. The molecule has 1 saturated heterocycles. The van der Waals surface area contributed by atoms with Gasteiger partial charge in [-0.1, -0.05) is 37.5 Å². The van der Waals surface area contributed by atoms with Crippen LogP contribution in [0.3, 0.4) is 0 Å². The molecule has 0 amide bonds. The predicted molar refractivity (Wildman–Crippen MR) is 115 cm³/mol. The van der Waals surface area contributed by atoms with Crippen molar-refractivity contribution in [2.45, 2.75) is 45.2 Å². The van der Waals surface area contributed by atoms with Crippen molar-refractivity contribution in [2.24, 2.45) is 0 Å². The van der Waals surface area contributed by atoms with E-state index in [0.29, 0.717) is 30.4 Å². The van der Waals surface area contributed by atoms with Crippen molar-refractivity contribution in [3.05, 3.63) is 38.2 Å². The summed E-state index contributed by atoms with van der Waals surface area (Å²) in [7, 11) is 0. The molecule has 1 aliphatic rings. The zero-order valence-corrected chi connectivity index (χ0v) is 18.1. The van der Waals surface area contributed by atoms with E-state index in [9.17, 15) is 28.1 Å². The van der Waals surface area contributed by atoms with Gasteiger partial charge in [-0.25, -0.2) is 0 Å². The average molecular weight is 459 g/mol. The minimum Gasteiger partial charge on any atom is -0.347 e. The van der Waals surface area contributed by atoms with Crippen LogP contribution in [0.2, 0.25) is 0 Å². The van der Waals surface area contributed by atoms with Gasteiger partial charge in [-0.2, -0.15) is 18.2 Å². The van der Waals surface area contributed by atoms with Crippen molar-refractivity contribution >= 4 is 32.2 Å². The van der Waals surface area contributed by atoms with Crippen LogP contribution in [0, 0.1) is 10.1 Å². The highest BCUT2D eigenvalue weighted by Crippen LogP contribution is 2.38. The molecule has 0 aliphatic carbocycles. The van der Waals surface area contributed by atoms with Crippen LogP contribution in [0.25, 0.3) is 10.1 Å². The van der Waals surface area contributed by atoms with Crippen molar-refractivity contribution in [2.75, 3.05) is 37.6 Å². The van der Waals surface area contributed by atoms with E-state index < -0.39 is 27.9 Å². The molecule has 0 saturated carbocycles. The van der Waals surface area contributed by atoms with Gasteiger partial charge in [-0.05, 0) is 32.0 Å². The summed E-state index contributed by atoms with van der Waals surface area (Å²) in [5.41, 5.74) is -2.82. The summed E-state index contributed by atoms with van der Waals surface area (Å²) in [6.45, 7) is 6.11. The second-order valence-electron chi connectivity index (χ2n) is 7.67. The molecule has 2 aromatic rings. The Morgan fingerprint density at radius 2 is 1.94 bits per heavy atom. The lowest BCUT2D eigenvalue weighted by Crippen LogP contribution is -2.32. The Morgan fingerprint density at radius 3 is 2.61 bits per heavy atom. The summed E-state index contributed by atoms with van der Waals surface area (Å²) in [4.78, 5) is 31.3. The number of hydrogen-bond donors (Lipinski definition) is 0. The van der Waals surface area contributed by atoms with E-state index in [0.717, 1.165) is 43.8 Å². The van der Waals surface area contributed by atoms with Gasteiger partial charge in [0.25, 0.3) is 11.2 Å². The van der Waals surface area contributed by atoms with Crippen LogP contribution in [0.4, 0.5) is 24.0 Å². The molecule has 0 N–H and O–H groups in total. The van der Waals surface area contributed by atoms with Crippen molar-refractivity contribution in [1.82, 2.24) is 9.88 Å². The van der Waals surface area contributed by atoms with E-state index in [1.165, 1.54) is 19.3 Å². The number of unbranched alkanes of at least 4 members (excludes halogenated alkanes) is 3. The molecule has 0 unspecified atom stereocenters. The zero-order valence-electron chi connectivity index (χ0n) is 17.3. The molecule has 7 nitrogen and oxygen atoms in total. The normalized spacial score (nSPS) is 15.9. The van der Waals surface area contributed by atoms with Crippen LogP contribution in [-0.4, -0.2) is 47.5 Å². The maximum Gasteiger partial charge on any atom is 0.416 e. The molecule has 0 atom stereocenters. The Kier molecular flexibility index (Phi) is 7.47. The second-order valence-corrected chi connectivity index (χ2v) is 8.65. The van der Waals surface area contributed by atoms with Crippen LogP contribution in [0.5, 0.6) is 0 Å². The summed E-state index contributed by atoms with van der Waals surface area (Å²) in [6.07, 6.45) is 0.765. The van der Waals surface area contributed by atoms with Crippen LogP contribution in [-0.2, 0) is 6.18 Å². The Hall–Kier alpha value is -2.27. The minimum absolute atomic E-state index is 0.0753. The number of fused-ring (bicyclic) bond motifs is 1. The number of alkyl halides is 3. The third-order valence-corrected chi connectivity index (χ3v) is 6.57. The van der Waals surface area contributed by atoms with Gasteiger partial charge in [0.1, 0.15) is 4.70 Å². The lowest BCUT2D eigenvalue weighted by Gasteiger charge is -2.22. The number of benzene rings is 1. The van der Waals surface area contributed by atoms with E-state index in [-0.39, 0.29) is 10.1 Å². The minimum atomic E-state index is -4.79. The number of rotatable bonds is 7. The van der Waals surface area contributed by atoms with Crippen LogP contribution < -0.4 is 10.5 Å². The molecule has 3 rings (SSSR count). The van der Waals surface area contributed by atoms with Crippen molar-refractivity contribution in [3.8, 4) is 0 Å². The summed E-state index contributed by atoms with van der Waals surface area (Å²) in [5, 5.41) is 11.4. The Labute approximate surface area is 181 Å². The number of nitro groups is 1. The van der Waals surface area contributed by atoms with E-state index in [2.05, 4.69) is 16.8 Å². The van der Waals surface area contributed by atoms with Crippen LogP contribution in [0.1, 0.15) is 44.6 Å². The maximum atomic E-state index is 13.1. The zero-order chi connectivity index (χ0) is 22.6. The number of hydrogen-bond acceptors (Lipinski definition) is 7. The fourth-order valence-electron chi connectivity index (χ4n) is 3.72. The highest BCUT2D eigenvalue weighted by Gasteiger charge is 2.34. The standard InChI is InChI=1S/C20H25F3N4O3S/c1-2-3-4-5-7-25-8-6-9-26(11-10-25)19-24-18(28)15-12-14(20(21,22)23)13-16(27(29)30)17(15)31-19/h12-13H,2-11H2,1H3. The van der Waals surface area contributed by atoms with Gasteiger partial charge in [-0.15, -0.1) is 0 Å². The Balaban J connectivity index is 1.87.